The van der Waals surface area contributed by atoms with Crippen LogP contribution in [0.3, 0.4) is 0 Å². The van der Waals surface area contributed by atoms with E-state index in [2.05, 4.69) is 10.6 Å². The van der Waals surface area contributed by atoms with Crippen LogP contribution in [-0.2, 0) is 17.6 Å². The molecular weight excluding hydrogens is 283 g/mol. The van der Waals surface area contributed by atoms with Crippen LogP contribution in [0.25, 0.3) is 0 Å². The molecule has 0 aliphatic carbocycles. The Balaban J connectivity index is 1.58. The fourth-order valence-electron chi connectivity index (χ4n) is 2.50. The smallest absolute Gasteiger partial charge is 0.254 e. The van der Waals surface area contributed by atoms with E-state index >= 15 is 0 Å². The van der Waals surface area contributed by atoms with Crippen LogP contribution in [0.4, 0.5) is 10.1 Å². The number of nitrogens with one attached hydrogen (secondary N) is 2. The second-order valence-electron chi connectivity index (χ2n) is 5.20. The van der Waals surface area contributed by atoms with Crippen LogP contribution in [0.2, 0.25) is 0 Å². The number of carbonyl (C=O) groups is 2. The predicted octanol–water partition coefficient (Wildman–Crippen LogP) is 2.29. The van der Waals surface area contributed by atoms with Gasteiger partial charge < -0.3 is 10.6 Å². The maximum atomic E-state index is 13.5. The summed E-state index contributed by atoms with van der Waals surface area (Å²) in [5.74, 6) is -0.946. The van der Waals surface area contributed by atoms with E-state index in [9.17, 15) is 14.0 Å². The van der Waals surface area contributed by atoms with Crippen molar-refractivity contribution < 1.29 is 14.0 Å². The molecule has 2 aromatic carbocycles. The first-order chi connectivity index (χ1) is 10.6. The standard InChI is InChI=1S/C17H15FN2O2/c18-14-4-2-1-3-13(14)17(22)19-8-7-11-5-6-15-12(9-11)10-16(21)20-15/h1-6,9H,7-8,10H2,(H,19,22)(H,20,21). The monoisotopic (exact) mass is 298 g/mol. The topological polar surface area (TPSA) is 58.2 Å². The quantitative estimate of drug-likeness (QED) is 0.910. The average molecular weight is 298 g/mol. The first-order valence-corrected chi connectivity index (χ1v) is 7.08. The van der Waals surface area contributed by atoms with E-state index in [1.165, 1.54) is 12.1 Å². The van der Waals surface area contributed by atoms with Crippen LogP contribution in [0, 0.1) is 5.82 Å². The molecule has 0 saturated carbocycles. The minimum absolute atomic E-state index is 0.00000517. The Morgan fingerprint density at radius 1 is 1.23 bits per heavy atom. The third-order valence-corrected chi connectivity index (χ3v) is 3.61. The van der Waals surface area contributed by atoms with E-state index in [-0.39, 0.29) is 11.5 Å². The summed E-state index contributed by atoms with van der Waals surface area (Å²) in [6.45, 7) is 0.410. The molecule has 1 aliphatic rings. The van der Waals surface area contributed by atoms with E-state index < -0.39 is 11.7 Å². The lowest BCUT2D eigenvalue weighted by atomic mass is 10.1. The van der Waals surface area contributed by atoms with E-state index in [0.29, 0.717) is 19.4 Å². The van der Waals surface area contributed by atoms with Gasteiger partial charge in [0, 0.05) is 12.2 Å². The van der Waals surface area contributed by atoms with E-state index in [0.717, 1.165) is 16.8 Å². The van der Waals surface area contributed by atoms with Crippen molar-refractivity contribution in [3.63, 3.8) is 0 Å². The van der Waals surface area contributed by atoms with Gasteiger partial charge in [0.1, 0.15) is 5.82 Å². The van der Waals surface area contributed by atoms with Gasteiger partial charge in [-0.25, -0.2) is 4.39 Å². The Bertz CT molecular complexity index is 743. The van der Waals surface area contributed by atoms with E-state index in [4.69, 9.17) is 0 Å². The highest BCUT2D eigenvalue weighted by Gasteiger charge is 2.17. The number of halogens is 1. The Hall–Kier alpha value is -2.69. The van der Waals surface area contributed by atoms with Crippen molar-refractivity contribution in [3.8, 4) is 0 Å². The van der Waals surface area contributed by atoms with E-state index in [1.54, 1.807) is 12.1 Å². The molecule has 0 aromatic heterocycles. The van der Waals surface area contributed by atoms with Gasteiger partial charge in [-0.3, -0.25) is 9.59 Å². The zero-order valence-electron chi connectivity index (χ0n) is 11.9. The van der Waals surface area contributed by atoms with Crippen molar-refractivity contribution in [1.82, 2.24) is 5.32 Å². The SMILES string of the molecule is O=C1Cc2cc(CCNC(=O)c3ccccc3F)ccc2N1. The second kappa shape index (κ2) is 5.97. The minimum Gasteiger partial charge on any atom is -0.352 e. The highest BCUT2D eigenvalue weighted by Crippen LogP contribution is 2.23. The van der Waals surface area contributed by atoms with Crippen molar-refractivity contribution in [1.29, 1.82) is 0 Å². The molecule has 2 amide bonds. The zero-order valence-corrected chi connectivity index (χ0v) is 11.9. The summed E-state index contributed by atoms with van der Waals surface area (Å²) in [5, 5.41) is 5.48. The van der Waals surface area contributed by atoms with Crippen molar-refractivity contribution in [2.75, 3.05) is 11.9 Å². The molecule has 22 heavy (non-hydrogen) atoms. The number of hydrogen-bond acceptors (Lipinski definition) is 2. The van der Waals surface area contributed by atoms with Gasteiger partial charge in [-0.15, -0.1) is 0 Å². The lowest BCUT2D eigenvalue weighted by molar-refractivity contribution is -0.115. The molecule has 0 saturated heterocycles. The van der Waals surface area contributed by atoms with Gasteiger partial charge in [-0.05, 0) is 35.7 Å². The van der Waals surface area contributed by atoms with Crippen LogP contribution in [0.15, 0.2) is 42.5 Å². The number of fused-ring (bicyclic) bond motifs is 1. The fourth-order valence-corrected chi connectivity index (χ4v) is 2.50. The van der Waals surface area contributed by atoms with Crippen LogP contribution < -0.4 is 10.6 Å². The number of hydrogen-bond donors (Lipinski definition) is 2. The molecule has 2 aromatic rings. The Labute approximate surface area is 127 Å². The number of amides is 2. The third kappa shape index (κ3) is 2.98. The lowest BCUT2D eigenvalue weighted by Crippen LogP contribution is -2.26. The Morgan fingerprint density at radius 3 is 2.86 bits per heavy atom. The first kappa shape index (κ1) is 14.3. The highest BCUT2D eigenvalue weighted by molar-refractivity contribution is 5.99. The molecule has 0 spiro atoms. The lowest BCUT2D eigenvalue weighted by Gasteiger charge is -2.07. The van der Waals surface area contributed by atoms with Crippen LogP contribution in [0.1, 0.15) is 21.5 Å². The minimum atomic E-state index is -0.526. The van der Waals surface area contributed by atoms with E-state index in [1.807, 2.05) is 18.2 Å². The molecule has 2 N–H and O–H groups in total. The summed E-state index contributed by atoms with van der Waals surface area (Å²) in [6, 6.07) is 11.6. The molecule has 5 heteroatoms. The van der Waals surface area contributed by atoms with Crippen LogP contribution >= 0.6 is 0 Å². The van der Waals surface area contributed by atoms with Crippen molar-refractivity contribution in [3.05, 3.63) is 65.0 Å². The summed E-state index contributed by atoms with van der Waals surface area (Å²) in [5.41, 5.74) is 2.91. The molecule has 3 rings (SSSR count). The molecule has 0 bridgehead atoms. The predicted molar refractivity (Wildman–Crippen MR) is 81.2 cm³/mol. The normalized spacial score (nSPS) is 12.7. The van der Waals surface area contributed by atoms with Crippen molar-refractivity contribution in [2.24, 2.45) is 0 Å². The summed E-state index contributed by atoms with van der Waals surface area (Å²) >= 11 is 0. The third-order valence-electron chi connectivity index (χ3n) is 3.61. The molecule has 1 aliphatic heterocycles. The summed E-state index contributed by atoms with van der Waals surface area (Å²) in [4.78, 5) is 23.2. The number of benzene rings is 2. The maximum Gasteiger partial charge on any atom is 0.254 e. The summed E-state index contributed by atoms with van der Waals surface area (Å²) in [6.07, 6.45) is 1.02. The number of anilines is 1. The molecule has 0 unspecified atom stereocenters. The van der Waals surface area contributed by atoms with Crippen LogP contribution in [-0.4, -0.2) is 18.4 Å². The first-order valence-electron chi connectivity index (χ1n) is 7.08. The van der Waals surface area contributed by atoms with Gasteiger partial charge in [0.25, 0.3) is 5.91 Å². The number of rotatable bonds is 4. The largest absolute Gasteiger partial charge is 0.352 e. The molecule has 0 fully saturated rings. The molecule has 112 valence electrons. The van der Waals surface area contributed by atoms with Gasteiger partial charge in [0.15, 0.2) is 0 Å². The number of carbonyl (C=O) groups excluding carboxylic acids is 2. The van der Waals surface area contributed by atoms with Gasteiger partial charge in [-0.1, -0.05) is 24.3 Å². The Kier molecular flexibility index (Phi) is 3.87. The van der Waals surface area contributed by atoms with Gasteiger partial charge in [-0.2, -0.15) is 0 Å². The van der Waals surface area contributed by atoms with Gasteiger partial charge in [0.2, 0.25) is 5.91 Å². The summed E-state index contributed by atoms with van der Waals surface area (Å²) < 4.78 is 13.5. The molecule has 1 heterocycles. The molecule has 4 nitrogen and oxygen atoms in total. The highest BCUT2D eigenvalue weighted by atomic mass is 19.1. The fraction of sp³-hybridized carbons (Fsp3) is 0.176. The van der Waals surface area contributed by atoms with Gasteiger partial charge >= 0.3 is 0 Å². The molecular formula is C17H15FN2O2. The maximum absolute atomic E-state index is 13.5. The Morgan fingerprint density at radius 2 is 2.05 bits per heavy atom. The zero-order chi connectivity index (χ0) is 15.5. The average Bonchev–Trinajstić information content (AvgIpc) is 2.87. The van der Waals surface area contributed by atoms with Crippen molar-refractivity contribution in [2.45, 2.75) is 12.8 Å². The van der Waals surface area contributed by atoms with Gasteiger partial charge in [0.05, 0.1) is 12.0 Å². The molecule has 0 radical (unpaired) electrons. The summed E-state index contributed by atoms with van der Waals surface area (Å²) in [7, 11) is 0. The van der Waals surface area contributed by atoms with Crippen molar-refractivity contribution >= 4 is 17.5 Å². The molecule has 0 atom stereocenters. The van der Waals surface area contributed by atoms with Crippen LogP contribution in [0.5, 0.6) is 0 Å². The second-order valence-corrected chi connectivity index (χ2v) is 5.20.